The Morgan fingerprint density at radius 2 is 2.05 bits per heavy atom. The summed E-state index contributed by atoms with van der Waals surface area (Å²) in [6, 6.07) is 3.10. The number of hydrogen-bond donors (Lipinski definition) is 1. The first-order chi connectivity index (χ1) is 9.67. The molecule has 1 N–H and O–H groups in total. The molecular formula is C13H19N3O4. The van der Waals surface area contributed by atoms with Crippen LogP contribution in [0.15, 0.2) is 12.1 Å². The molecule has 0 bridgehead atoms. The Balaban J connectivity index is 0.000000956. The van der Waals surface area contributed by atoms with Crippen molar-refractivity contribution in [1.29, 1.82) is 0 Å². The van der Waals surface area contributed by atoms with Gasteiger partial charge in [-0.25, -0.2) is 9.20 Å². The number of aliphatic hydroxyl groups is 1. The van der Waals surface area contributed by atoms with Gasteiger partial charge >= 0.3 is 5.97 Å². The second-order valence-electron chi connectivity index (χ2n) is 3.59. The number of esters is 1. The molecule has 0 aliphatic heterocycles. The van der Waals surface area contributed by atoms with E-state index in [0.717, 1.165) is 0 Å². The number of aliphatic hydroxyl groups excluding tert-OH is 1. The minimum atomic E-state index is -0.480. The van der Waals surface area contributed by atoms with Crippen LogP contribution in [0.1, 0.15) is 30.0 Å². The van der Waals surface area contributed by atoms with Gasteiger partial charge in [-0.1, -0.05) is 13.8 Å². The molecule has 0 radical (unpaired) electrons. The van der Waals surface area contributed by atoms with E-state index in [9.17, 15) is 4.79 Å². The number of ether oxygens (including phenoxy) is 2. The minimum Gasteiger partial charge on any atom is -0.476 e. The number of methoxy groups -OCH3 is 1. The van der Waals surface area contributed by atoms with E-state index in [4.69, 9.17) is 9.84 Å². The summed E-state index contributed by atoms with van der Waals surface area (Å²) in [6.45, 7) is 5.77. The summed E-state index contributed by atoms with van der Waals surface area (Å²) in [5.41, 5.74) is 0.814. The second-order valence-corrected chi connectivity index (χ2v) is 3.59. The third-order valence-corrected chi connectivity index (χ3v) is 2.40. The monoisotopic (exact) mass is 281 g/mol. The van der Waals surface area contributed by atoms with Crippen LogP contribution in [0.5, 0.6) is 5.88 Å². The zero-order valence-electron chi connectivity index (χ0n) is 12.1. The summed E-state index contributed by atoms with van der Waals surface area (Å²) in [4.78, 5) is 11.5. The molecule has 0 spiro atoms. The normalized spacial score (nSPS) is 9.85. The average molecular weight is 281 g/mol. The Labute approximate surface area is 117 Å². The molecule has 0 atom stereocenters. The molecule has 2 aromatic rings. The fraction of sp³-hybridized carbons (Fsp3) is 0.462. The molecule has 2 rings (SSSR count). The number of aromatic nitrogens is 3. The zero-order valence-corrected chi connectivity index (χ0v) is 12.1. The molecule has 2 aromatic heterocycles. The Morgan fingerprint density at radius 3 is 2.65 bits per heavy atom. The Bertz CT molecular complexity index is 580. The predicted molar refractivity (Wildman–Crippen MR) is 73.0 cm³/mol. The molecular weight excluding hydrogens is 262 g/mol. The van der Waals surface area contributed by atoms with E-state index in [1.54, 1.807) is 17.4 Å². The van der Waals surface area contributed by atoms with Gasteiger partial charge in [0.15, 0.2) is 5.65 Å². The highest BCUT2D eigenvalue weighted by Gasteiger charge is 2.14. The fourth-order valence-electron chi connectivity index (χ4n) is 1.62. The van der Waals surface area contributed by atoms with E-state index in [1.165, 1.54) is 13.2 Å². The van der Waals surface area contributed by atoms with E-state index < -0.39 is 5.97 Å². The number of aryl methyl sites for hydroxylation is 1. The lowest BCUT2D eigenvalue weighted by atomic mass is 10.2. The molecule has 0 aliphatic rings. The SMILES string of the molecule is CC.COC(=O)c1cc(OCCO)n2c(C)nnc2c1. The van der Waals surface area contributed by atoms with Crippen molar-refractivity contribution in [2.45, 2.75) is 20.8 Å². The van der Waals surface area contributed by atoms with Crippen LogP contribution in [0, 0.1) is 6.92 Å². The number of hydrogen-bond acceptors (Lipinski definition) is 6. The molecule has 0 aromatic carbocycles. The number of carbonyl (C=O) groups is 1. The summed E-state index contributed by atoms with van der Waals surface area (Å²) in [5, 5.41) is 16.6. The van der Waals surface area contributed by atoms with Gasteiger partial charge < -0.3 is 14.6 Å². The maximum absolute atomic E-state index is 11.5. The number of fused-ring (bicyclic) bond motifs is 1. The maximum atomic E-state index is 11.5. The van der Waals surface area contributed by atoms with E-state index in [1.807, 2.05) is 13.8 Å². The lowest BCUT2D eigenvalue weighted by Gasteiger charge is -2.09. The fourth-order valence-corrected chi connectivity index (χ4v) is 1.62. The minimum absolute atomic E-state index is 0.120. The first-order valence-electron chi connectivity index (χ1n) is 6.35. The number of pyridine rings is 1. The van der Waals surface area contributed by atoms with E-state index in [2.05, 4.69) is 14.9 Å². The first-order valence-corrected chi connectivity index (χ1v) is 6.35. The topological polar surface area (TPSA) is 86.0 Å². The molecule has 0 unspecified atom stereocenters. The maximum Gasteiger partial charge on any atom is 0.338 e. The van der Waals surface area contributed by atoms with Crippen LogP contribution in [-0.4, -0.2) is 46.0 Å². The van der Waals surface area contributed by atoms with Crippen LogP contribution in [-0.2, 0) is 4.74 Å². The first kappa shape index (κ1) is 15.9. The number of nitrogens with zero attached hydrogens (tertiary/aromatic N) is 3. The van der Waals surface area contributed by atoms with Crippen molar-refractivity contribution >= 4 is 11.6 Å². The van der Waals surface area contributed by atoms with Crippen molar-refractivity contribution in [3.63, 3.8) is 0 Å². The van der Waals surface area contributed by atoms with E-state index in [0.29, 0.717) is 22.9 Å². The van der Waals surface area contributed by atoms with Crippen molar-refractivity contribution in [2.75, 3.05) is 20.3 Å². The number of rotatable bonds is 4. The molecule has 0 saturated carbocycles. The van der Waals surface area contributed by atoms with Crippen LogP contribution in [0.3, 0.4) is 0 Å². The summed E-state index contributed by atoms with van der Waals surface area (Å²) in [7, 11) is 1.30. The zero-order chi connectivity index (χ0) is 15.1. The molecule has 0 fully saturated rings. The highest BCUT2D eigenvalue weighted by molar-refractivity contribution is 5.90. The largest absolute Gasteiger partial charge is 0.476 e. The molecule has 7 heteroatoms. The van der Waals surface area contributed by atoms with Crippen LogP contribution in [0.25, 0.3) is 5.65 Å². The third kappa shape index (κ3) is 3.24. The van der Waals surface area contributed by atoms with Crippen LogP contribution < -0.4 is 4.74 Å². The Hall–Kier alpha value is -2.15. The van der Waals surface area contributed by atoms with Crippen molar-refractivity contribution in [2.24, 2.45) is 0 Å². The summed E-state index contributed by atoms with van der Waals surface area (Å²) in [5.74, 6) is 0.547. The van der Waals surface area contributed by atoms with Gasteiger partial charge in [-0.05, 0) is 13.0 Å². The third-order valence-electron chi connectivity index (χ3n) is 2.40. The van der Waals surface area contributed by atoms with Gasteiger partial charge in [-0.15, -0.1) is 10.2 Å². The Kier molecular flexibility index (Phi) is 5.92. The predicted octanol–water partition coefficient (Wildman–Crippen LogP) is 1.22. The molecule has 0 aliphatic carbocycles. The van der Waals surface area contributed by atoms with Crippen molar-refractivity contribution in [3.8, 4) is 5.88 Å². The quantitative estimate of drug-likeness (QED) is 0.848. The number of carbonyl (C=O) groups excluding carboxylic acids is 1. The average Bonchev–Trinajstić information content (AvgIpc) is 2.87. The van der Waals surface area contributed by atoms with Gasteiger partial charge in [-0.3, -0.25) is 0 Å². The van der Waals surface area contributed by atoms with Gasteiger partial charge in [0.2, 0.25) is 5.88 Å². The molecule has 7 nitrogen and oxygen atoms in total. The van der Waals surface area contributed by atoms with E-state index >= 15 is 0 Å². The lowest BCUT2D eigenvalue weighted by molar-refractivity contribution is 0.0600. The summed E-state index contributed by atoms with van der Waals surface area (Å²) in [6.07, 6.45) is 0. The second kappa shape index (κ2) is 7.44. The Morgan fingerprint density at radius 1 is 1.35 bits per heavy atom. The van der Waals surface area contributed by atoms with Gasteiger partial charge in [0.05, 0.1) is 19.3 Å². The highest BCUT2D eigenvalue weighted by atomic mass is 16.5. The summed E-state index contributed by atoms with van der Waals surface area (Å²) < 4.78 is 11.7. The lowest BCUT2D eigenvalue weighted by Crippen LogP contribution is -2.09. The van der Waals surface area contributed by atoms with E-state index in [-0.39, 0.29) is 13.2 Å². The van der Waals surface area contributed by atoms with Crippen molar-refractivity contribution in [1.82, 2.24) is 14.6 Å². The standard InChI is InChI=1S/C11H13N3O4.C2H6/c1-7-12-13-9-5-8(11(16)17-2)6-10(14(7)9)18-4-3-15;1-2/h5-6,15H,3-4H2,1-2H3;1-2H3. The van der Waals surface area contributed by atoms with Crippen LogP contribution in [0.4, 0.5) is 0 Å². The molecule has 0 saturated heterocycles. The van der Waals surface area contributed by atoms with Crippen LogP contribution >= 0.6 is 0 Å². The van der Waals surface area contributed by atoms with Gasteiger partial charge in [-0.2, -0.15) is 0 Å². The van der Waals surface area contributed by atoms with Gasteiger partial charge in [0.1, 0.15) is 12.4 Å². The molecule has 20 heavy (non-hydrogen) atoms. The van der Waals surface area contributed by atoms with Gasteiger partial charge in [0.25, 0.3) is 0 Å². The van der Waals surface area contributed by atoms with Gasteiger partial charge in [0, 0.05) is 6.07 Å². The van der Waals surface area contributed by atoms with Crippen molar-refractivity contribution in [3.05, 3.63) is 23.5 Å². The molecule has 0 amide bonds. The summed E-state index contributed by atoms with van der Waals surface area (Å²) >= 11 is 0. The highest BCUT2D eigenvalue weighted by Crippen LogP contribution is 2.19. The molecule has 2 heterocycles. The van der Waals surface area contributed by atoms with Crippen LogP contribution in [0.2, 0.25) is 0 Å². The molecule has 110 valence electrons. The smallest absolute Gasteiger partial charge is 0.338 e. The van der Waals surface area contributed by atoms with Crippen molar-refractivity contribution < 1.29 is 19.4 Å².